The summed E-state index contributed by atoms with van der Waals surface area (Å²) in [6, 6.07) is 8.15. The third-order valence-corrected chi connectivity index (χ3v) is 1.95. The van der Waals surface area contributed by atoms with Crippen LogP contribution in [0.25, 0.3) is 0 Å². The van der Waals surface area contributed by atoms with Crippen LogP contribution < -0.4 is 10.5 Å². The highest BCUT2D eigenvalue weighted by Gasteiger charge is 2.11. The molecule has 0 aliphatic rings. The number of rotatable bonds is 4. The van der Waals surface area contributed by atoms with Crippen molar-refractivity contribution in [3.8, 4) is 5.75 Å². The van der Waals surface area contributed by atoms with Gasteiger partial charge in [0.2, 0.25) is 0 Å². The normalized spacial score (nSPS) is 11.9. The molecule has 0 unspecified atom stereocenters. The molecule has 0 atom stereocenters. The van der Waals surface area contributed by atoms with E-state index in [0.717, 1.165) is 12.2 Å². The van der Waals surface area contributed by atoms with Gasteiger partial charge in [-0.15, -0.1) is 0 Å². The Hall–Kier alpha value is -1.02. The van der Waals surface area contributed by atoms with E-state index in [1.165, 1.54) is 5.56 Å². The van der Waals surface area contributed by atoms with Crippen molar-refractivity contribution in [1.82, 2.24) is 0 Å². The number of hydrogen-bond acceptors (Lipinski definition) is 2. The zero-order chi connectivity index (χ0) is 11.5. The molecule has 0 saturated heterocycles. The van der Waals surface area contributed by atoms with Gasteiger partial charge in [-0.1, -0.05) is 12.1 Å². The lowest BCUT2D eigenvalue weighted by Gasteiger charge is -2.18. The van der Waals surface area contributed by atoms with E-state index in [1.807, 2.05) is 39.8 Å². The average Bonchev–Trinajstić information content (AvgIpc) is 2.05. The first-order chi connectivity index (χ1) is 6.87. The van der Waals surface area contributed by atoms with Crippen LogP contribution in [0.4, 0.5) is 0 Å². The maximum atomic E-state index is 5.96. The third-order valence-electron chi connectivity index (χ3n) is 1.95. The van der Waals surface area contributed by atoms with Crippen LogP contribution in [0.1, 0.15) is 33.3 Å². The first-order valence-electron chi connectivity index (χ1n) is 5.41. The Kier molecular flexibility index (Phi) is 3.75. The second-order valence-corrected chi connectivity index (χ2v) is 4.98. The molecule has 0 radical (unpaired) electrons. The summed E-state index contributed by atoms with van der Waals surface area (Å²) in [5.74, 6) is 0.920. The van der Waals surface area contributed by atoms with Gasteiger partial charge >= 0.3 is 0 Å². The molecule has 0 fully saturated rings. The SMILES string of the molecule is CC(C)Oc1ccc(CC(C)(C)N)cc1. The Morgan fingerprint density at radius 3 is 2.13 bits per heavy atom. The van der Waals surface area contributed by atoms with E-state index in [9.17, 15) is 0 Å². The first-order valence-corrected chi connectivity index (χ1v) is 5.41. The summed E-state index contributed by atoms with van der Waals surface area (Å²) < 4.78 is 5.57. The minimum Gasteiger partial charge on any atom is -0.491 e. The van der Waals surface area contributed by atoms with E-state index in [2.05, 4.69) is 12.1 Å². The molecule has 2 nitrogen and oxygen atoms in total. The summed E-state index contributed by atoms with van der Waals surface area (Å²) in [6.07, 6.45) is 1.11. The molecule has 0 bridgehead atoms. The highest BCUT2D eigenvalue weighted by Crippen LogP contribution is 2.16. The predicted molar refractivity (Wildman–Crippen MR) is 64.2 cm³/mol. The van der Waals surface area contributed by atoms with Gasteiger partial charge in [0.25, 0.3) is 0 Å². The standard InChI is InChI=1S/C13H21NO/c1-10(2)15-12-7-5-11(6-8-12)9-13(3,4)14/h5-8,10H,9,14H2,1-4H3. The predicted octanol–water partition coefficient (Wildman–Crippen LogP) is 2.75. The molecule has 0 aliphatic heterocycles. The fraction of sp³-hybridized carbons (Fsp3) is 0.538. The van der Waals surface area contributed by atoms with Crippen molar-refractivity contribution in [3.05, 3.63) is 29.8 Å². The summed E-state index contributed by atoms with van der Waals surface area (Å²) in [7, 11) is 0. The number of hydrogen-bond donors (Lipinski definition) is 1. The van der Waals surface area contributed by atoms with Crippen molar-refractivity contribution < 1.29 is 4.74 Å². The smallest absolute Gasteiger partial charge is 0.119 e. The molecule has 0 heterocycles. The summed E-state index contributed by atoms with van der Waals surface area (Å²) in [5, 5.41) is 0. The quantitative estimate of drug-likeness (QED) is 0.824. The van der Waals surface area contributed by atoms with Gasteiger partial charge in [0, 0.05) is 5.54 Å². The van der Waals surface area contributed by atoms with Crippen molar-refractivity contribution in [2.45, 2.75) is 45.8 Å². The minimum atomic E-state index is -0.152. The van der Waals surface area contributed by atoms with Gasteiger partial charge in [-0.2, -0.15) is 0 Å². The second-order valence-electron chi connectivity index (χ2n) is 4.98. The van der Waals surface area contributed by atoms with Gasteiger partial charge in [-0.25, -0.2) is 0 Å². The minimum absolute atomic E-state index is 0.152. The van der Waals surface area contributed by atoms with E-state index < -0.39 is 0 Å². The monoisotopic (exact) mass is 207 g/mol. The van der Waals surface area contributed by atoms with E-state index in [-0.39, 0.29) is 11.6 Å². The molecular weight excluding hydrogens is 186 g/mol. The zero-order valence-corrected chi connectivity index (χ0v) is 10.1. The molecule has 15 heavy (non-hydrogen) atoms. The molecule has 1 aromatic carbocycles. The molecule has 2 N–H and O–H groups in total. The molecule has 0 spiro atoms. The fourth-order valence-electron chi connectivity index (χ4n) is 1.48. The molecule has 0 aliphatic carbocycles. The maximum absolute atomic E-state index is 5.96. The van der Waals surface area contributed by atoms with E-state index in [1.54, 1.807) is 0 Å². The molecule has 0 saturated carbocycles. The van der Waals surface area contributed by atoms with Crippen molar-refractivity contribution >= 4 is 0 Å². The maximum Gasteiger partial charge on any atom is 0.119 e. The van der Waals surface area contributed by atoms with Crippen LogP contribution >= 0.6 is 0 Å². The van der Waals surface area contributed by atoms with Crippen LogP contribution in [0.15, 0.2) is 24.3 Å². The Bertz CT molecular complexity index is 295. The van der Waals surface area contributed by atoms with Crippen molar-refractivity contribution in [2.75, 3.05) is 0 Å². The fourth-order valence-corrected chi connectivity index (χ4v) is 1.48. The molecule has 1 rings (SSSR count). The average molecular weight is 207 g/mol. The van der Waals surface area contributed by atoms with Gasteiger partial charge < -0.3 is 10.5 Å². The van der Waals surface area contributed by atoms with Crippen LogP contribution in [0.2, 0.25) is 0 Å². The molecule has 0 amide bonds. The molecule has 84 valence electrons. The molecule has 1 aromatic rings. The lowest BCUT2D eigenvalue weighted by atomic mass is 9.96. The summed E-state index contributed by atoms with van der Waals surface area (Å²) >= 11 is 0. The van der Waals surface area contributed by atoms with Crippen molar-refractivity contribution in [1.29, 1.82) is 0 Å². The zero-order valence-electron chi connectivity index (χ0n) is 10.1. The summed E-state index contributed by atoms with van der Waals surface area (Å²) in [6.45, 7) is 8.12. The third kappa shape index (κ3) is 4.84. The van der Waals surface area contributed by atoms with Crippen LogP contribution in [0.5, 0.6) is 5.75 Å². The van der Waals surface area contributed by atoms with Crippen molar-refractivity contribution in [3.63, 3.8) is 0 Å². The lowest BCUT2D eigenvalue weighted by Crippen LogP contribution is -2.34. The van der Waals surface area contributed by atoms with E-state index in [0.29, 0.717) is 0 Å². The Morgan fingerprint density at radius 1 is 1.20 bits per heavy atom. The van der Waals surface area contributed by atoms with Crippen molar-refractivity contribution in [2.24, 2.45) is 5.73 Å². The number of ether oxygens (including phenoxy) is 1. The van der Waals surface area contributed by atoms with Gasteiger partial charge in [-0.3, -0.25) is 0 Å². The van der Waals surface area contributed by atoms with Gasteiger partial charge in [-0.05, 0) is 51.8 Å². The van der Waals surface area contributed by atoms with Gasteiger partial charge in [0.15, 0.2) is 0 Å². The lowest BCUT2D eigenvalue weighted by molar-refractivity contribution is 0.242. The van der Waals surface area contributed by atoms with Crippen LogP contribution in [-0.4, -0.2) is 11.6 Å². The molecular formula is C13H21NO. The van der Waals surface area contributed by atoms with E-state index in [4.69, 9.17) is 10.5 Å². The Morgan fingerprint density at radius 2 is 1.73 bits per heavy atom. The first kappa shape index (κ1) is 12.1. The molecule has 0 aromatic heterocycles. The van der Waals surface area contributed by atoms with E-state index >= 15 is 0 Å². The Balaban J connectivity index is 2.64. The van der Waals surface area contributed by atoms with Crippen LogP contribution in [0.3, 0.4) is 0 Å². The highest BCUT2D eigenvalue weighted by molar-refractivity contribution is 5.28. The highest BCUT2D eigenvalue weighted by atomic mass is 16.5. The number of benzene rings is 1. The van der Waals surface area contributed by atoms with Crippen LogP contribution in [0, 0.1) is 0 Å². The molecule has 2 heteroatoms. The second kappa shape index (κ2) is 4.67. The van der Waals surface area contributed by atoms with Crippen LogP contribution in [-0.2, 0) is 6.42 Å². The Labute approximate surface area is 92.4 Å². The topological polar surface area (TPSA) is 35.2 Å². The summed E-state index contributed by atoms with van der Waals surface area (Å²) in [5.41, 5.74) is 7.05. The number of nitrogens with two attached hydrogens (primary N) is 1. The summed E-state index contributed by atoms with van der Waals surface area (Å²) in [4.78, 5) is 0. The van der Waals surface area contributed by atoms with Gasteiger partial charge in [0.1, 0.15) is 5.75 Å². The largest absolute Gasteiger partial charge is 0.491 e. The van der Waals surface area contributed by atoms with Gasteiger partial charge in [0.05, 0.1) is 6.10 Å².